The molecule has 0 bridgehead atoms. The molecule has 20 heavy (non-hydrogen) atoms. The van der Waals surface area contributed by atoms with Crippen molar-refractivity contribution < 1.29 is 14.3 Å². The number of hydrogen-bond acceptors (Lipinski definition) is 4. The lowest BCUT2D eigenvalue weighted by Gasteiger charge is -2.21. The molecule has 1 aliphatic carbocycles. The Labute approximate surface area is 124 Å². The van der Waals surface area contributed by atoms with Crippen LogP contribution in [0.1, 0.15) is 42.5 Å². The summed E-state index contributed by atoms with van der Waals surface area (Å²) in [7, 11) is 1.49. The summed E-state index contributed by atoms with van der Waals surface area (Å²) in [6.07, 6.45) is 5.99. The predicted octanol–water partition coefficient (Wildman–Crippen LogP) is 3.67. The van der Waals surface area contributed by atoms with E-state index >= 15 is 0 Å². The molecule has 2 rings (SSSR count). The van der Waals surface area contributed by atoms with Crippen molar-refractivity contribution in [3.8, 4) is 5.75 Å². The second-order valence-corrected chi connectivity index (χ2v) is 5.58. The molecule has 110 valence electrons. The summed E-state index contributed by atoms with van der Waals surface area (Å²) in [5.74, 6) is 0.456. The molecule has 1 saturated carbocycles. The second-order valence-electron chi connectivity index (χ2n) is 5.18. The van der Waals surface area contributed by atoms with Gasteiger partial charge in [-0.1, -0.05) is 30.9 Å². The Morgan fingerprint density at radius 1 is 1.35 bits per heavy atom. The van der Waals surface area contributed by atoms with Crippen LogP contribution in [0.15, 0.2) is 12.1 Å². The van der Waals surface area contributed by atoms with Crippen LogP contribution in [-0.2, 0) is 4.74 Å². The Bertz CT molecular complexity index is 484. The van der Waals surface area contributed by atoms with E-state index < -0.39 is 5.97 Å². The van der Waals surface area contributed by atoms with Gasteiger partial charge in [0, 0.05) is 6.07 Å². The molecule has 1 aromatic carbocycles. The first-order valence-electron chi connectivity index (χ1n) is 6.92. The zero-order chi connectivity index (χ0) is 14.5. The van der Waals surface area contributed by atoms with Crippen molar-refractivity contribution in [1.29, 1.82) is 0 Å². The quantitative estimate of drug-likeness (QED) is 0.680. The molecular formula is C15H20ClNO3. The number of ether oxygens (including phenoxy) is 2. The molecule has 4 nitrogen and oxygen atoms in total. The first kappa shape index (κ1) is 15.0. The fourth-order valence-electron chi connectivity index (χ4n) is 2.52. The molecule has 0 aliphatic heterocycles. The van der Waals surface area contributed by atoms with Gasteiger partial charge in [0.2, 0.25) is 0 Å². The molecule has 5 heteroatoms. The highest BCUT2D eigenvalue weighted by atomic mass is 35.5. The molecule has 0 unspecified atom stereocenters. The third-order valence-electron chi connectivity index (χ3n) is 3.71. The standard InChI is InChI=1S/C15H20ClNO3/c1-19-14-8-13(17)12(16)7-11(14)15(18)20-9-10-5-3-2-4-6-10/h7-8,10H,2-6,9,17H2,1H3. The number of esters is 1. The maximum Gasteiger partial charge on any atom is 0.341 e. The van der Waals surface area contributed by atoms with Crippen LogP contribution in [0.5, 0.6) is 5.75 Å². The molecule has 0 saturated heterocycles. The van der Waals surface area contributed by atoms with Crippen LogP contribution in [0.25, 0.3) is 0 Å². The first-order chi connectivity index (χ1) is 9.61. The highest BCUT2D eigenvalue weighted by Crippen LogP contribution is 2.30. The van der Waals surface area contributed by atoms with Crippen LogP contribution in [0.2, 0.25) is 5.02 Å². The molecule has 2 N–H and O–H groups in total. The summed E-state index contributed by atoms with van der Waals surface area (Å²) < 4.78 is 10.5. The third-order valence-corrected chi connectivity index (χ3v) is 4.04. The molecule has 1 aliphatic rings. The number of hydrogen-bond donors (Lipinski definition) is 1. The SMILES string of the molecule is COc1cc(N)c(Cl)cc1C(=O)OCC1CCCCC1. The van der Waals surface area contributed by atoms with Crippen LogP contribution in [-0.4, -0.2) is 19.7 Å². The summed E-state index contributed by atoms with van der Waals surface area (Å²) >= 11 is 5.95. The number of anilines is 1. The predicted molar refractivity (Wildman–Crippen MR) is 79.3 cm³/mol. The summed E-state index contributed by atoms with van der Waals surface area (Å²) in [6, 6.07) is 3.04. The van der Waals surface area contributed by atoms with Crippen molar-refractivity contribution in [1.82, 2.24) is 0 Å². The summed E-state index contributed by atoms with van der Waals surface area (Å²) in [5, 5.41) is 0.329. The van der Waals surface area contributed by atoms with Gasteiger partial charge in [-0.2, -0.15) is 0 Å². The highest BCUT2D eigenvalue weighted by molar-refractivity contribution is 6.33. The van der Waals surface area contributed by atoms with Gasteiger partial charge in [0.15, 0.2) is 0 Å². The summed E-state index contributed by atoms with van der Waals surface area (Å²) in [4.78, 5) is 12.1. The van der Waals surface area contributed by atoms with E-state index in [9.17, 15) is 4.79 Å². The van der Waals surface area contributed by atoms with Gasteiger partial charge in [-0.05, 0) is 24.8 Å². The normalized spacial score (nSPS) is 15.9. The molecule has 0 atom stereocenters. The van der Waals surface area contributed by atoms with Crippen molar-refractivity contribution in [3.63, 3.8) is 0 Å². The number of halogens is 1. The van der Waals surface area contributed by atoms with E-state index in [4.69, 9.17) is 26.8 Å². The van der Waals surface area contributed by atoms with Crippen LogP contribution in [0, 0.1) is 5.92 Å². The topological polar surface area (TPSA) is 61.5 Å². The van der Waals surface area contributed by atoms with Crippen LogP contribution < -0.4 is 10.5 Å². The number of carbonyl (C=O) groups excluding carboxylic acids is 1. The van der Waals surface area contributed by atoms with Gasteiger partial charge in [-0.3, -0.25) is 0 Å². The zero-order valence-electron chi connectivity index (χ0n) is 11.7. The Morgan fingerprint density at radius 2 is 2.05 bits per heavy atom. The number of nitrogen functional groups attached to an aromatic ring is 1. The molecule has 0 amide bonds. The van der Waals surface area contributed by atoms with Gasteiger partial charge in [-0.25, -0.2) is 4.79 Å². The van der Waals surface area contributed by atoms with Gasteiger partial charge < -0.3 is 15.2 Å². The average Bonchev–Trinajstić information content (AvgIpc) is 2.48. The second kappa shape index (κ2) is 6.84. The number of nitrogens with two attached hydrogens (primary N) is 1. The van der Waals surface area contributed by atoms with Crippen molar-refractivity contribution in [2.24, 2.45) is 5.92 Å². The van der Waals surface area contributed by atoms with Crippen LogP contribution in [0.3, 0.4) is 0 Å². The number of carbonyl (C=O) groups is 1. The Balaban J connectivity index is 2.02. The Kier molecular flexibility index (Phi) is 5.12. The van der Waals surface area contributed by atoms with Crippen molar-refractivity contribution >= 4 is 23.3 Å². The van der Waals surface area contributed by atoms with Crippen molar-refractivity contribution in [2.75, 3.05) is 19.5 Å². The molecule has 1 fully saturated rings. The molecular weight excluding hydrogens is 278 g/mol. The monoisotopic (exact) mass is 297 g/mol. The van der Waals surface area contributed by atoms with Gasteiger partial charge >= 0.3 is 5.97 Å². The molecule has 0 heterocycles. The Hall–Kier alpha value is -1.42. The maximum absolute atomic E-state index is 12.1. The number of rotatable bonds is 4. The minimum atomic E-state index is -0.408. The van der Waals surface area contributed by atoms with E-state index in [0.717, 1.165) is 12.8 Å². The third kappa shape index (κ3) is 3.57. The smallest absolute Gasteiger partial charge is 0.341 e. The van der Waals surface area contributed by atoms with Crippen molar-refractivity contribution in [2.45, 2.75) is 32.1 Å². The Morgan fingerprint density at radius 3 is 2.70 bits per heavy atom. The minimum absolute atomic E-state index is 0.322. The number of methoxy groups -OCH3 is 1. The highest BCUT2D eigenvalue weighted by Gasteiger charge is 2.19. The van der Waals surface area contributed by atoms with E-state index in [-0.39, 0.29) is 0 Å². The van der Waals surface area contributed by atoms with Crippen molar-refractivity contribution in [3.05, 3.63) is 22.7 Å². The average molecular weight is 298 g/mol. The summed E-state index contributed by atoms with van der Waals surface area (Å²) in [5.41, 5.74) is 6.40. The number of benzene rings is 1. The van der Waals surface area contributed by atoms with Gasteiger partial charge in [0.1, 0.15) is 11.3 Å². The lowest BCUT2D eigenvalue weighted by Crippen LogP contribution is -2.17. The largest absolute Gasteiger partial charge is 0.496 e. The van der Waals surface area contributed by atoms with Gasteiger partial charge in [0.25, 0.3) is 0 Å². The molecule has 0 radical (unpaired) electrons. The lowest BCUT2D eigenvalue weighted by atomic mass is 9.90. The minimum Gasteiger partial charge on any atom is -0.496 e. The lowest BCUT2D eigenvalue weighted by molar-refractivity contribution is 0.0407. The van der Waals surface area contributed by atoms with E-state index in [1.54, 1.807) is 6.07 Å². The molecule has 0 spiro atoms. The fourth-order valence-corrected chi connectivity index (χ4v) is 2.69. The van der Waals surface area contributed by atoms with Gasteiger partial charge in [0.05, 0.1) is 24.4 Å². The van der Waals surface area contributed by atoms with Gasteiger partial charge in [-0.15, -0.1) is 0 Å². The van der Waals surface area contributed by atoms with Crippen LogP contribution in [0.4, 0.5) is 5.69 Å². The molecule has 0 aromatic heterocycles. The van der Waals surface area contributed by atoms with E-state index in [0.29, 0.717) is 34.5 Å². The van der Waals surface area contributed by atoms with E-state index in [1.807, 2.05) is 0 Å². The first-order valence-corrected chi connectivity index (χ1v) is 7.29. The van der Waals surface area contributed by atoms with E-state index in [2.05, 4.69) is 0 Å². The fraction of sp³-hybridized carbons (Fsp3) is 0.533. The summed E-state index contributed by atoms with van der Waals surface area (Å²) in [6.45, 7) is 0.462. The zero-order valence-corrected chi connectivity index (χ0v) is 12.4. The van der Waals surface area contributed by atoms with E-state index in [1.165, 1.54) is 32.4 Å². The molecule has 1 aromatic rings. The maximum atomic E-state index is 12.1. The van der Waals surface area contributed by atoms with Crippen LogP contribution >= 0.6 is 11.6 Å².